The molecule has 24 heavy (non-hydrogen) atoms. The molecule has 0 spiro atoms. The van der Waals surface area contributed by atoms with Crippen molar-refractivity contribution in [1.82, 2.24) is 4.98 Å². The zero-order valence-electron chi connectivity index (χ0n) is 12.2. The summed E-state index contributed by atoms with van der Waals surface area (Å²) in [7, 11) is 0. The van der Waals surface area contributed by atoms with E-state index in [1.54, 1.807) is 30.5 Å². The van der Waals surface area contributed by atoms with Crippen LogP contribution in [0.15, 0.2) is 52.9 Å². The Morgan fingerprint density at radius 1 is 1.17 bits per heavy atom. The molecule has 3 aromatic rings. The Hall–Kier alpha value is -2.39. The molecule has 1 aromatic heterocycles. The maximum Gasteiger partial charge on any atom is 0.203 e. The zero-order chi connectivity index (χ0) is 16.9. The minimum absolute atomic E-state index is 0.556. The number of rotatable bonds is 4. The van der Waals surface area contributed by atoms with Gasteiger partial charge in [-0.1, -0.05) is 35.3 Å². The minimum atomic E-state index is 0.556. The fourth-order valence-corrected chi connectivity index (χ4v) is 3.12. The van der Waals surface area contributed by atoms with Crippen molar-refractivity contribution in [2.45, 2.75) is 0 Å². The fourth-order valence-electron chi connectivity index (χ4n) is 1.95. The van der Waals surface area contributed by atoms with E-state index >= 15 is 0 Å². The third-order valence-corrected chi connectivity index (χ3v) is 4.42. The van der Waals surface area contributed by atoms with Gasteiger partial charge in [0.25, 0.3) is 0 Å². The molecule has 2 aromatic carbocycles. The first kappa shape index (κ1) is 16.5. The summed E-state index contributed by atoms with van der Waals surface area (Å²) in [6.07, 6.45) is 1.66. The second-order valence-electron chi connectivity index (χ2n) is 4.77. The van der Waals surface area contributed by atoms with Gasteiger partial charge in [0.1, 0.15) is 0 Å². The third-order valence-electron chi connectivity index (χ3n) is 3.12. The van der Waals surface area contributed by atoms with Crippen LogP contribution in [0.25, 0.3) is 11.3 Å². The topological polar surface area (TPSA) is 61.1 Å². The molecule has 0 bridgehead atoms. The standard InChI is InChI=1S/C17H10Cl2N4S/c18-13-5-6-14(15(19)7-13)16-10-24-17(22-16)23-21-9-12-3-1-11(8-20)2-4-12/h1-7,9-10H,(H,22,23)/b21-9+. The van der Waals surface area contributed by atoms with E-state index in [1.165, 1.54) is 11.3 Å². The Labute approximate surface area is 153 Å². The summed E-state index contributed by atoms with van der Waals surface area (Å²) >= 11 is 13.5. The number of hydrogen-bond acceptors (Lipinski definition) is 5. The molecular weight excluding hydrogens is 363 g/mol. The highest BCUT2D eigenvalue weighted by Crippen LogP contribution is 2.32. The van der Waals surface area contributed by atoms with Gasteiger partial charge in [0.15, 0.2) is 0 Å². The summed E-state index contributed by atoms with van der Waals surface area (Å²) in [4.78, 5) is 4.45. The quantitative estimate of drug-likeness (QED) is 0.490. The van der Waals surface area contributed by atoms with Gasteiger partial charge in [-0.15, -0.1) is 11.3 Å². The summed E-state index contributed by atoms with van der Waals surface area (Å²) < 4.78 is 0. The maximum absolute atomic E-state index is 8.76. The van der Waals surface area contributed by atoms with Gasteiger partial charge in [0.05, 0.1) is 28.6 Å². The number of aromatic nitrogens is 1. The Kier molecular flexibility index (Phi) is 5.11. The molecule has 1 heterocycles. The molecule has 118 valence electrons. The number of nitrogens with one attached hydrogen (secondary N) is 1. The van der Waals surface area contributed by atoms with E-state index in [0.29, 0.717) is 20.7 Å². The van der Waals surface area contributed by atoms with Crippen molar-refractivity contribution >= 4 is 45.9 Å². The highest BCUT2D eigenvalue weighted by Gasteiger charge is 2.08. The van der Waals surface area contributed by atoms with Crippen LogP contribution < -0.4 is 5.43 Å². The number of halogens is 2. The molecule has 4 nitrogen and oxygen atoms in total. The van der Waals surface area contributed by atoms with Gasteiger partial charge in [-0.2, -0.15) is 10.4 Å². The van der Waals surface area contributed by atoms with Crippen molar-refractivity contribution in [1.29, 1.82) is 5.26 Å². The monoisotopic (exact) mass is 372 g/mol. The van der Waals surface area contributed by atoms with Crippen LogP contribution in [0.2, 0.25) is 10.0 Å². The minimum Gasteiger partial charge on any atom is -0.253 e. The molecule has 0 amide bonds. The lowest BCUT2D eigenvalue weighted by Crippen LogP contribution is -1.90. The molecule has 0 atom stereocenters. The molecule has 0 unspecified atom stereocenters. The Morgan fingerprint density at radius 2 is 1.96 bits per heavy atom. The molecule has 0 aliphatic heterocycles. The molecule has 0 fully saturated rings. The van der Waals surface area contributed by atoms with Gasteiger partial charge in [-0.3, -0.25) is 5.43 Å². The van der Waals surface area contributed by atoms with E-state index in [0.717, 1.165) is 16.8 Å². The second-order valence-corrected chi connectivity index (χ2v) is 6.47. The predicted octanol–water partition coefficient (Wildman–Crippen LogP) is 5.43. The van der Waals surface area contributed by atoms with Gasteiger partial charge in [-0.05, 0) is 35.9 Å². The predicted molar refractivity (Wildman–Crippen MR) is 99.9 cm³/mol. The lowest BCUT2D eigenvalue weighted by Gasteiger charge is -2.00. The summed E-state index contributed by atoms with van der Waals surface area (Å²) in [5, 5.41) is 16.6. The lowest BCUT2D eigenvalue weighted by atomic mass is 10.2. The summed E-state index contributed by atoms with van der Waals surface area (Å²) in [5.74, 6) is 0. The van der Waals surface area contributed by atoms with Crippen LogP contribution in [0, 0.1) is 11.3 Å². The smallest absolute Gasteiger partial charge is 0.203 e. The highest BCUT2D eigenvalue weighted by molar-refractivity contribution is 7.14. The van der Waals surface area contributed by atoms with Crippen LogP contribution in [0.5, 0.6) is 0 Å². The van der Waals surface area contributed by atoms with Crippen LogP contribution in [0.3, 0.4) is 0 Å². The number of nitriles is 1. The van der Waals surface area contributed by atoms with E-state index in [-0.39, 0.29) is 0 Å². The molecule has 1 N–H and O–H groups in total. The van der Waals surface area contributed by atoms with Crippen molar-refractivity contribution < 1.29 is 0 Å². The van der Waals surface area contributed by atoms with E-state index in [2.05, 4.69) is 21.6 Å². The van der Waals surface area contributed by atoms with E-state index in [9.17, 15) is 0 Å². The molecule has 0 aliphatic carbocycles. The van der Waals surface area contributed by atoms with Crippen LogP contribution in [0.4, 0.5) is 5.13 Å². The van der Waals surface area contributed by atoms with Crippen molar-refractivity contribution in [2.24, 2.45) is 5.10 Å². The number of thiazole rings is 1. The van der Waals surface area contributed by atoms with Gasteiger partial charge < -0.3 is 0 Å². The van der Waals surface area contributed by atoms with Crippen LogP contribution in [-0.2, 0) is 0 Å². The average molecular weight is 373 g/mol. The first-order chi connectivity index (χ1) is 11.7. The number of hydrazone groups is 1. The summed E-state index contributed by atoms with van der Waals surface area (Å²) in [5.41, 5.74) is 5.97. The van der Waals surface area contributed by atoms with Crippen molar-refractivity contribution in [3.8, 4) is 17.3 Å². The van der Waals surface area contributed by atoms with Crippen LogP contribution in [-0.4, -0.2) is 11.2 Å². The third kappa shape index (κ3) is 3.92. The van der Waals surface area contributed by atoms with Gasteiger partial charge in [0.2, 0.25) is 5.13 Å². The van der Waals surface area contributed by atoms with E-state index in [4.69, 9.17) is 28.5 Å². The first-order valence-electron chi connectivity index (χ1n) is 6.86. The lowest BCUT2D eigenvalue weighted by molar-refractivity contribution is 1.29. The molecule has 0 aliphatic rings. The normalized spacial score (nSPS) is 10.7. The maximum atomic E-state index is 8.76. The van der Waals surface area contributed by atoms with Crippen LogP contribution in [0.1, 0.15) is 11.1 Å². The number of nitrogens with zero attached hydrogens (tertiary/aromatic N) is 3. The van der Waals surface area contributed by atoms with Crippen LogP contribution >= 0.6 is 34.5 Å². The Morgan fingerprint density at radius 3 is 2.67 bits per heavy atom. The molecule has 0 saturated carbocycles. The second kappa shape index (κ2) is 7.45. The average Bonchev–Trinajstić information content (AvgIpc) is 3.04. The Bertz CT molecular complexity index is 927. The molecule has 0 saturated heterocycles. The number of benzene rings is 2. The number of anilines is 1. The van der Waals surface area contributed by atoms with Crippen molar-refractivity contribution in [2.75, 3.05) is 5.43 Å². The van der Waals surface area contributed by atoms with Gasteiger partial charge in [0, 0.05) is 16.0 Å². The molecular formula is C17H10Cl2N4S. The van der Waals surface area contributed by atoms with Crippen molar-refractivity contribution in [3.05, 3.63) is 69.0 Å². The Balaban J connectivity index is 1.69. The van der Waals surface area contributed by atoms with Gasteiger partial charge in [-0.25, -0.2) is 4.98 Å². The fraction of sp³-hybridized carbons (Fsp3) is 0. The molecule has 0 radical (unpaired) electrons. The van der Waals surface area contributed by atoms with E-state index < -0.39 is 0 Å². The molecule has 7 heteroatoms. The van der Waals surface area contributed by atoms with Gasteiger partial charge >= 0.3 is 0 Å². The summed E-state index contributed by atoms with van der Waals surface area (Å²) in [6.45, 7) is 0. The largest absolute Gasteiger partial charge is 0.253 e. The highest BCUT2D eigenvalue weighted by atomic mass is 35.5. The SMILES string of the molecule is N#Cc1ccc(/C=N/Nc2nc(-c3ccc(Cl)cc3Cl)cs2)cc1. The molecule has 3 rings (SSSR count). The summed E-state index contributed by atoms with van der Waals surface area (Å²) in [6, 6.07) is 14.5. The zero-order valence-corrected chi connectivity index (χ0v) is 14.5. The first-order valence-corrected chi connectivity index (χ1v) is 8.49. The number of hydrogen-bond donors (Lipinski definition) is 1. The van der Waals surface area contributed by atoms with Crippen molar-refractivity contribution in [3.63, 3.8) is 0 Å². The van der Waals surface area contributed by atoms with E-state index in [1.807, 2.05) is 23.6 Å².